The lowest BCUT2D eigenvalue weighted by molar-refractivity contribution is 0.154. The van der Waals surface area contributed by atoms with Crippen molar-refractivity contribution in [3.63, 3.8) is 0 Å². The molecule has 1 aromatic heterocycles. The largest absolute Gasteiger partial charge is 0.381 e. The summed E-state index contributed by atoms with van der Waals surface area (Å²) in [4.78, 5) is 5.89. The Balaban J connectivity index is 2.12. The second-order valence-corrected chi connectivity index (χ2v) is 5.72. The fourth-order valence-electron chi connectivity index (χ4n) is 1.96. The highest BCUT2D eigenvalue weighted by Gasteiger charge is 2.34. The van der Waals surface area contributed by atoms with E-state index >= 15 is 0 Å². The summed E-state index contributed by atoms with van der Waals surface area (Å²) in [6.07, 6.45) is 2.05. The molecule has 1 aliphatic heterocycles. The number of thiazole rings is 1. The molecule has 1 aromatic rings. The molecule has 1 saturated heterocycles. The van der Waals surface area contributed by atoms with Crippen LogP contribution >= 0.6 is 11.3 Å². The van der Waals surface area contributed by atoms with Crippen LogP contribution in [0.25, 0.3) is 0 Å². The van der Waals surface area contributed by atoms with Crippen molar-refractivity contribution in [3.8, 4) is 0 Å². The van der Waals surface area contributed by atoms with E-state index < -0.39 is 0 Å². The second-order valence-electron chi connectivity index (χ2n) is 4.43. The summed E-state index contributed by atoms with van der Waals surface area (Å²) in [6.45, 7) is 6.53. The Kier molecular flexibility index (Phi) is 3.09. The molecule has 1 aliphatic rings. The maximum Gasteiger partial charge on any atom is 0.0937 e. The number of ether oxygens (including phenoxy) is 1. The summed E-state index contributed by atoms with van der Waals surface area (Å²) < 4.78 is 5.46. The quantitative estimate of drug-likeness (QED) is 0.853. The average molecular weight is 226 g/mol. The third kappa shape index (κ3) is 2.22. The number of nitrogens with two attached hydrogens (primary N) is 1. The van der Waals surface area contributed by atoms with Gasteiger partial charge in [-0.05, 0) is 20.3 Å². The standard InChI is InChI=1S/C11H18N2OS/c1-8-9(2)15-10(13-8)5-11(6-12)3-4-14-7-11/h3-7,12H2,1-2H3. The highest BCUT2D eigenvalue weighted by Crippen LogP contribution is 2.33. The Morgan fingerprint density at radius 1 is 1.53 bits per heavy atom. The topological polar surface area (TPSA) is 48.1 Å². The molecule has 2 heterocycles. The van der Waals surface area contributed by atoms with Gasteiger partial charge in [0.1, 0.15) is 0 Å². The van der Waals surface area contributed by atoms with Crippen LogP contribution in [-0.2, 0) is 11.2 Å². The Labute approximate surface area is 94.7 Å². The van der Waals surface area contributed by atoms with Crippen LogP contribution in [0, 0.1) is 19.3 Å². The van der Waals surface area contributed by atoms with E-state index in [1.54, 1.807) is 11.3 Å². The van der Waals surface area contributed by atoms with Gasteiger partial charge in [-0.25, -0.2) is 4.98 Å². The molecule has 0 aliphatic carbocycles. The van der Waals surface area contributed by atoms with Crippen LogP contribution in [0.3, 0.4) is 0 Å². The summed E-state index contributed by atoms with van der Waals surface area (Å²) in [5.74, 6) is 0. The third-order valence-corrected chi connectivity index (χ3v) is 4.29. The molecule has 1 unspecified atom stereocenters. The number of aryl methyl sites for hydroxylation is 2. The Morgan fingerprint density at radius 3 is 2.80 bits per heavy atom. The van der Waals surface area contributed by atoms with Gasteiger partial charge in [-0.2, -0.15) is 0 Å². The SMILES string of the molecule is Cc1nc(CC2(CN)CCOC2)sc1C. The van der Waals surface area contributed by atoms with Gasteiger partial charge < -0.3 is 10.5 Å². The van der Waals surface area contributed by atoms with Crippen molar-refractivity contribution >= 4 is 11.3 Å². The lowest BCUT2D eigenvalue weighted by Crippen LogP contribution is -2.33. The van der Waals surface area contributed by atoms with E-state index in [1.165, 1.54) is 9.88 Å². The molecule has 0 radical (unpaired) electrons. The van der Waals surface area contributed by atoms with Crippen LogP contribution in [0.1, 0.15) is 22.0 Å². The molecule has 2 rings (SSSR count). The Bertz CT molecular complexity index is 323. The molecule has 1 fully saturated rings. The summed E-state index contributed by atoms with van der Waals surface area (Å²) in [5, 5.41) is 1.21. The average Bonchev–Trinajstić information content (AvgIpc) is 2.77. The van der Waals surface area contributed by atoms with Crippen LogP contribution in [-0.4, -0.2) is 24.7 Å². The van der Waals surface area contributed by atoms with Crippen molar-refractivity contribution in [2.24, 2.45) is 11.1 Å². The number of nitrogens with zero attached hydrogens (tertiary/aromatic N) is 1. The summed E-state index contributed by atoms with van der Waals surface area (Å²) in [7, 11) is 0. The van der Waals surface area contributed by atoms with Gasteiger partial charge in [-0.15, -0.1) is 11.3 Å². The molecule has 0 amide bonds. The van der Waals surface area contributed by atoms with E-state index in [1.807, 2.05) is 0 Å². The van der Waals surface area contributed by atoms with Crippen molar-refractivity contribution in [1.82, 2.24) is 4.98 Å². The third-order valence-electron chi connectivity index (χ3n) is 3.22. The normalized spacial score (nSPS) is 26.1. The van der Waals surface area contributed by atoms with Gasteiger partial charge in [0.25, 0.3) is 0 Å². The number of rotatable bonds is 3. The van der Waals surface area contributed by atoms with Gasteiger partial charge in [-0.1, -0.05) is 0 Å². The van der Waals surface area contributed by atoms with Crippen LogP contribution in [0.2, 0.25) is 0 Å². The molecule has 15 heavy (non-hydrogen) atoms. The van der Waals surface area contributed by atoms with Gasteiger partial charge in [0.15, 0.2) is 0 Å². The molecule has 84 valence electrons. The maximum absolute atomic E-state index is 5.86. The highest BCUT2D eigenvalue weighted by atomic mass is 32.1. The lowest BCUT2D eigenvalue weighted by Gasteiger charge is -2.23. The van der Waals surface area contributed by atoms with Gasteiger partial charge in [-0.3, -0.25) is 0 Å². The Morgan fingerprint density at radius 2 is 2.33 bits per heavy atom. The zero-order valence-electron chi connectivity index (χ0n) is 9.38. The summed E-state index contributed by atoms with van der Waals surface area (Å²) >= 11 is 1.79. The predicted octanol–water partition coefficient (Wildman–Crippen LogP) is 1.67. The highest BCUT2D eigenvalue weighted by molar-refractivity contribution is 7.11. The first kappa shape index (κ1) is 11.0. The predicted molar refractivity (Wildman–Crippen MR) is 62.2 cm³/mol. The van der Waals surface area contributed by atoms with Crippen molar-refractivity contribution in [2.75, 3.05) is 19.8 Å². The summed E-state index contributed by atoms with van der Waals surface area (Å²) in [6, 6.07) is 0. The Hall–Kier alpha value is -0.450. The number of aromatic nitrogens is 1. The fourth-order valence-corrected chi connectivity index (χ4v) is 3.07. The second kappa shape index (κ2) is 4.20. The van der Waals surface area contributed by atoms with Crippen molar-refractivity contribution in [2.45, 2.75) is 26.7 Å². The molecule has 3 nitrogen and oxygen atoms in total. The minimum atomic E-state index is 0.150. The fraction of sp³-hybridized carbons (Fsp3) is 0.727. The van der Waals surface area contributed by atoms with E-state index in [9.17, 15) is 0 Å². The lowest BCUT2D eigenvalue weighted by atomic mass is 9.84. The maximum atomic E-state index is 5.86. The van der Waals surface area contributed by atoms with Gasteiger partial charge in [0.2, 0.25) is 0 Å². The number of hydrogen-bond acceptors (Lipinski definition) is 4. The van der Waals surface area contributed by atoms with Crippen molar-refractivity contribution in [3.05, 3.63) is 15.6 Å². The van der Waals surface area contributed by atoms with E-state index in [-0.39, 0.29) is 5.41 Å². The zero-order valence-corrected chi connectivity index (χ0v) is 10.2. The van der Waals surface area contributed by atoms with Crippen LogP contribution in [0.15, 0.2) is 0 Å². The molecule has 0 saturated carbocycles. The van der Waals surface area contributed by atoms with Crippen molar-refractivity contribution < 1.29 is 4.74 Å². The zero-order chi connectivity index (χ0) is 10.9. The van der Waals surface area contributed by atoms with E-state index in [2.05, 4.69) is 18.8 Å². The first-order valence-corrected chi connectivity index (χ1v) is 6.18. The molecule has 4 heteroatoms. The van der Waals surface area contributed by atoms with Gasteiger partial charge >= 0.3 is 0 Å². The smallest absolute Gasteiger partial charge is 0.0937 e. The van der Waals surface area contributed by atoms with Crippen LogP contribution in [0.5, 0.6) is 0 Å². The minimum absolute atomic E-state index is 0.150. The minimum Gasteiger partial charge on any atom is -0.381 e. The monoisotopic (exact) mass is 226 g/mol. The van der Waals surface area contributed by atoms with E-state index in [0.29, 0.717) is 6.54 Å². The van der Waals surface area contributed by atoms with Gasteiger partial charge in [0.05, 0.1) is 17.3 Å². The molecule has 0 spiro atoms. The van der Waals surface area contributed by atoms with E-state index in [0.717, 1.165) is 31.7 Å². The first-order valence-electron chi connectivity index (χ1n) is 5.36. The van der Waals surface area contributed by atoms with Crippen LogP contribution in [0.4, 0.5) is 0 Å². The first-order chi connectivity index (χ1) is 7.15. The molecule has 2 N–H and O–H groups in total. The van der Waals surface area contributed by atoms with Gasteiger partial charge in [0, 0.05) is 29.9 Å². The van der Waals surface area contributed by atoms with Crippen LogP contribution < -0.4 is 5.73 Å². The molecule has 0 aromatic carbocycles. The number of hydrogen-bond donors (Lipinski definition) is 1. The molecular weight excluding hydrogens is 208 g/mol. The molecule has 0 bridgehead atoms. The molecule has 1 atom stereocenters. The summed E-state index contributed by atoms with van der Waals surface area (Å²) in [5.41, 5.74) is 7.16. The van der Waals surface area contributed by atoms with Crippen molar-refractivity contribution in [1.29, 1.82) is 0 Å². The molecular formula is C11H18N2OS. The van der Waals surface area contributed by atoms with E-state index in [4.69, 9.17) is 10.5 Å².